The monoisotopic (exact) mass is 413 g/mol. The van der Waals surface area contributed by atoms with Crippen molar-refractivity contribution >= 4 is 17.4 Å². The van der Waals surface area contributed by atoms with E-state index in [1.807, 2.05) is 67.4 Å². The van der Waals surface area contributed by atoms with Gasteiger partial charge in [-0.25, -0.2) is 0 Å². The van der Waals surface area contributed by atoms with Gasteiger partial charge in [-0.05, 0) is 42.3 Å². The summed E-state index contributed by atoms with van der Waals surface area (Å²) >= 11 is 0. The molecule has 1 fully saturated rings. The Bertz CT molecular complexity index is 1230. The Morgan fingerprint density at radius 1 is 1.10 bits per heavy atom. The highest BCUT2D eigenvalue weighted by molar-refractivity contribution is 5.79. The molecule has 0 spiro atoms. The number of rotatable bonds is 5. The Morgan fingerprint density at radius 3 is 2.71 bits per heavy atom. The maximum Gasteiger partial charge on any atom is 0.227 e. The van der Waals surface area contributed by atoms with E-state index in [2.05, 4.69) is 20.1 Å². The molecule has 0 unspecified atom stereocenters. The van der Waals surface area contributed by atoms with Crippen LogP contribution in [0.15, 0.2) is 60.9 Å². The number of aromatic nitrogens is 5. The number of hydrogen-bond acceptors (Lipinski definition) is 6. The lowest BCUT2D eigenvalue weighted by atomic mass is 10.0. The fourth-order valence-electron chi connectivity index (χ4n) is 3.81. The first-order chi connectivity index (χ1) is 15.1. The van der Waals surface area contributed by atoms with Crippen LogP contribution in [0, 0.1) is 6.92 Å². The van der Waals surface area contributed by atoms with Gasteiger partial charge in [-0.2, -0.15) is 4.52 Å². The quantitative estimate of drug-likeness (QED) is 0.500. The van der Waals surface area contributed by atoms with Crippen molar-refractivity contribution in [2.45, 2.75) is 19.4 Å². The largest absolute Gasteiger partial charge is 0.351 e. The summed E-state index contributed by atoms with van der Waals surface area (Å²) < 4.78 is 1.74. The van der Waals surface area contributed by atoms with Crippen LogP contribution in [0.1, 0.15) is 11.1 Å². The Balaban J connectivity index is 1.28. The van der Waals surface area contributed by atoms with Crippen LogP contribution in [0.5, 0.6) is 0 Å². The molecule has 5 rings (SSSR count). The predicted octanol–water partition coefficient (Wildman–Crippen LogP) is 2.38. The fraction of sp³-hybridized carbons (Fsp3) is 0.261. The molecule has 0 aliphatic carbocycles. The summed E-state index contributed by atoms with van der Waals surface area (Å²) in [6, 6.07) is 15.9. The molecule has 4 heterocycles. The van der Waals surface area contributed by atoms with Gasteiger partial charge in [0.15, 0.2) is 11.5 Å². The predicted molar refractivity (Wildman–Crippen MR) is 118 cm³/mol. The summed E-state index contributed by atoms with van der Waals surface area (Å²) in [5, 5.41) is 13.2. The molecule has 8 nitrogen and oxygen atoms in total. The smallest absolute Gasteiger partial charge is 0.227 e. The van der Waals surface area contributed by atoms with Crippen molar-refractivity contribution < 1.29 is 4.79 Å². The molecule has 0 saturated carbocycles. The number of benzene rings is 1. The van der Waals surface area contributed by atoms with Crippen LogP contribution in [-0.2, 0) is 11.2 Å². The maximum absolute atomic E-state index is 12.7. The van der Waals surface area contributed by atoms with Crippen LogP contribution >= 0.6 is 0 Å². The summed E-state index contributed by atoms with van der Waals surface area (Å²) in [5.41, 5.74) is 3.78. The summed E-state index contributed by atoms with van der Waals surface area (Å²) in [5.74, 6) is 1.64. The molecule has 4 aromatic rings. The van der Waals surface area contributed by atoms with Gasteiger partial charge in [0, 0.05) is 38.1 Å². The number of aryl methyl sites for hydroxylation is 1. The second-order valence-electron chi connectivity index (χ2n) is 7.89. The molecule has 156 valence electrons. The number of pyridine rings is 1. The lowest BCUT2D eigenvalue weighted by Gasteiger charge is -2.44. The molecular formula is C23H23N7O. The normalized spacial score (nSPS) is 13.9. The average molecular weight is 413 g/mol. The molecule has 1 aliphatic rings. The van der Waals surface area contributed by atoms with E-state index >= 15 is 0 Å². The highest BCUT2D eigenvalue weighted by atomic mass is 16.2. The standard InChI is InChI=1S/C23H23N7O/c1-16-6-3-4-7-17(16)12-22(31)28(2)19-14-29(15-19)21-10-9-20-25-26-23(30(20)27-21)18-8-5-11-24-13-18/h3-11,13,19H,12,14-15H2,1-2H3. The van der Waals surface area contributed by atoms with Crippen LogP contribution in [0.2, 0.25) is 0 Å². The number of amides is 1. The molecule has 0 atom stereocenters. The van der Waals surface area contributed by atoms with Gasteiger partial charge >= 0.3 is 0 Å². The first kappa shape index (κ1) is 19.2. The van der Waals surface area contributed by atoms with Gasteiger partial charge in [0.05, 0.1) is 12.5 Å². The molecule has 1 amide bonds. The molecule has 1 saturated heterocycles. The topological polar surface area (TPSA) is 79.5 Å². The van der Waals surface area contributed by atoms with Crippen molar-refractivity contribution in [3.05, 3.63) is 72.1 Å². The number of fused-ring (bicyclic) bond motifs is 1. The number of likely N-dealkylation sites (N-methyl/N-ethyl adjacent to an activating group) is 1. The van der Waals surface area contributed by atoms with Gasteiger partial charge in [-0.3, -0.25) is 9.78 Å². The fourth-order valence-corrected chi connectivity index (χ4v) is 3.81. The first-order valence-corrected chi connectivity index (χ1v) is 10.3. The number of nitrogens with zero attached hydrogens (tertiary/aromatic N) is 7. The molecular weight excluding hydrogens is 390 g/mol. The average Bonchev–Trinajstić information content (AvgIpc) is 3.18. The van der Waals surface area contributed by atoms with E-state index in [1.165, 1.54) is 0 Å². The van der Waals surface area contributed by atoms with Gasteiger partial charge in [0.1, 0.15) is 5.82 Å². The van der Waals surface area contributed by atoms with Crippen molar-refractivity contribution in [3.8, 4) is 11.4 Å². The van der Waals surface area contributed by atoms with Crippen molar-refractivity contribution in [1.82, 2.24) is 29.7 Å². The molecule has 3 aromatic heterocycles. The van der Waals surface area contributed by atoms with E-state index in [-0.39, 0.29) is 11.9 Å². The second kappa shape index (κ2) is 7.79. The van der Waals surface area contributed by atoms with Gasteiger partial charge in [-0.1, -0.05) is 24.3 Å². The van der Waals surface area contributed by atoms with E-state index < -0.39 is 0 Å². The highest BCUT2D eigenvalue weighted by Crippen LogP contribution is 2.24. The Hall–Kier alpha value is -3.81. The molecule has 1 aliphatic heterocycles. The maximum atomic E-state index is 12.7. The van der Waals surface area contributed by atoms with E-state index in [0.29, 0.717) is 17.9 Å². The van der Waals surface area contributed by atoms with E-state index in [4.69, 9.17) is 5.10 Å². The molecule has 0 bridgehead atoms. The van der Waals surface area contributed by atoms with Crippen molar-refractivity contribution in [2.24, 2.45) is 0 Å². The van der Waals surface area contributed by atoms with E-state index in [9.17, 15) is 4.79 Å². The molecule has 8 heteroatoms. The van der Waals surface area contributed by atoms with Crippen molar-refractivity contribution in [3.63, 3.8) is 0 Å². The van der Waals surface area contributed by atoms with Crippen molar-refractivity contribution in [1.29, 1.82) is 0 Å². The summed E-state index contributed by atoms with van der Waals surface area (Å²) in [7, 11) is 1.89. The van der Waals surface area contributed by atoms with Crippen LogP contribution in [0.4, 0.5) is 5.82 Å². The third-order valence-electron chi connectivity index (χ3n) is 5.90. The number of anilines is 1. The minimum atomic E-state index is 0.139. The lowest BCUT2D eigenvalue weighted by molar-refractivity contribution is -0.131. The van der Waals surface area contributed by atoms with E-state index in [1.54, 1.807) is 16.9 Å². The number of hydrogen-bond donors (Lipinski definition) is 0. The Morgan fingerprint density at radius 2 is 1.94 bits per heavy atom. The second-order valence-corrected chi connectivity index (χ2v) is 7.89. The van der Waals surface area contributed by atoms with E-state index in [0.717, 1.165) is 35.6 Å². The third-order valence-corrected chi connectivity index (χ3v) is 5.90. The van der Waals surface area contributed by atoms with Crippen LogP contribution in [0.3, 0.4) is 0 Å². The minimum absolute atomic E-state index is 0.139. The summed E-state index contributed by atoms with van der Waals surface area (Å²) in [6.45, 7) is 3.54. The third kappa shape index (κ3) is 3.61. The molecule has 31 heavy (non-hydrogen) atoms. The summed E-state index contributed by atoms with van der Waals surface area (Å²) in [6.07, 6.45) is 3.90. The van der Waals surface area contributed by atoms with Gasteiger partial charge in [0.2, 0.25) is 5.91 Å². The number of carbonyl (C=O) groups is 1. The zero-order valence-corrected chi connectivity index (χ0v) is 17.5. The first-order valence-electron chi connectivity index (χ1n) is 10.3. The van der Waals surface area contributed by atoms with Crippen LogP contribution in [0.25, 0.3) is 17.0 Å². The highest BCUT2D eigenvalue weighted by Gasteiger charge is 2.33. The zero-order chi connectivity index (χ0) is 21.4. The van der Waals surface area contributed by atoms with Crippen molar-refractivity contribution in [2.75, 3.05) is 25.0 Å². The van der Waals surface area contributed by atoms with Gasteiger partial charge < -0.3 is 9.80 Å². The molecule has 0 N–H and O–H groups in total. The summed E-state index contributed by atoms with van der Waals surface area (Å²) in [4.78, 5) is 20.9. The Labute approximate surface area is 180 Å². The van der Waals surface area contributed by atoms with Crippen LogP contribution < -0.4 is 4.90 Å². The molecule has 0 radical (unpaired) electrons. The lowest BCUT2D eigenvalue weighted by Crippen LogP contribution is -2.60. The Kier molecular flexibility index (Phi) is 4.82. The zero-order valence-electron chi connectivity index (χ0n) is 17.5. The number of carbonyl (C=O) groups excluding carboxylic acids is 1. The minimum Gasteiger partial charge on any atom is -0.351 e. The van der Waals surface area contributed by atoms with Gasteiger partial charge in [-0.15, -0.1) is 15.3 Å². The SMILES string of the molecule is Cc1ccccc1CC(=O)N(C)C1CN(c2ccc3nnc(-c4cccnc4)n3n2)C1. The van der Waals surface area contributed by atoms with Gasteiger partial charge in [0.25, 0.3) is 0 Å². The molecule has 1 aromatic carbocycles. The van der Waals surface area contributed by atoms with Crippen LogP contribution in [-0.4, -0.2) is 61.8 Å².